The van der Waals surface area contributed by atoms with Crippen LogP contribution in [0.25, 0.3) is 0 Å². The average Bonchev–Trinajstić information content (AvgIpc) is 2.35. The van der Waals surface area contributed by atoms with Crippen LogP contribution in [-0.4, -0.2) is 18.0 Å². The monoisotopic (exact) mass is 258 g/mol. The Bertz CT molecular complexity index is 181. The Hall–Kier alpha value is -0.180. The lowest BCUT2D eigenvalue weighted by Crippen LogP contribution is -2.06. The van der Waals surface area contributed by atoms with Gasteiger partial charge in [0, 0.05) is 12.8 Å². The van der Waals surface area contributed by atoms with Gasteiger partial charge in [-0.1, -0.05) is 76.5 Å². The Morgan fingerprint density at radius 1 is 0.882 bits per heavy atom. The molecule has 0 radical (unpaired) electrons. The largest absolute Gasteiger partial charge is 0.379 e. The number of nitrogens with zero attached hydrogens (tertiary/aromatic N) is 1. The minimum absolute atomic E-state index is 0.723. The lowest BCUT2D eigenvalue weighted by molar-refractivity contribution is 0.563. The SMILES string of the molecule is CCCCCCCCCCCCSC(N)=NC. The highest BCUT2D eigenvalue weighted by Gasteiger charge is 1.94. The fourth-order valence-corrected chi connectivity index (χ4v) is 2.52. The zero-order valence-electron chi connectivity index (χ0n) is 11.7. The lowest BCUT2D eigenvalue weighted by Gasteiger charge is -2.02. The fraction of sp³-hybridized carbons (Fsp3) is 0.929. The summed E-state index contributed by atoms with van der Waals surface area (Å²) in [5, 5.41) is 0.723. The first-order chi connectivity index (χ1) is 8.31. The van der Waals surface area contributed by atoms with Crippen molar-refractivity contribution in [1.29, 1.82) is 0 Å². The van der Waals surface area contributed by atoms with Crippen molar-refractivity contribution in [2.24, 2.45) is 10.7 Å². The molecule has 0 rings (SSSR count). The summed E-state index contributed by atoms with van der Waals surface area (Å²) in [7, 11) is 1.75. The quantitative estimate of drug-likeness (QED) is 0.334. The molecule has 0 aliphatic heterocycles. The molecule has 0 aromatic carbocycles. The molecule has 0 aromatic rings. The minimum Gasteiger partial charge on any atom is -0.379 e. The number of aliphatic imine (C=N–C) groups is 1. The van der Waals surface area contributed by atoms with E-state index in [1.165, 1.54) is 64.2 Å². The van der Waals surface area contributed by atoms with Crippen LogP contribution in [0, 0.1) is 0 Å². The summed E-state index contributed by atoms with van der Waals surface area (Å²) >= 11 is 1.68. The van der Waals surface area contributed by atoms with E-state index in [4.69, 9.17) is 5.73 Å². The molecule has 3 heteroatoms. The van der Waals surface area contributed by atoms with Crippen molar-refractivity contribution in [3.05, 3.63) is 0 Å². The molecule has 0 heterocycles. The summed E-state index contributed by atoms with van der Waals surface area (Å²) in [6.07, 6.45) is 13.9. The summed E-state index contributed by atoms with van der Waals surface area (Å²) in [6.45, 7) is 2.27. The molecule has 0 unspecified atom stereocenters. The van der Waals surface area contributed by atoms with Crippen LogP contribution in [0.15, 0.2) is 4.99 Å². The van der Waals surface area contributed by atoms with E-state index >= 15 is 0 Å². The second-order valence-electron chi connectivity index (χ2n) is 4.59. The zero-order chi connectivity index (χ0) is 12.8. The Morgan fingerprint density at radius 3 is 1.82 bits per heavy atom. The summed E-state index contributed by atoms with van der Waals surface area (Å²) in [4.78, 5) is 3.93. The van der Waals surface area contributed by atoms with Gasteiger partial charge in [-0.3, -0.25) is 4.99 Å². The summed E-state index contributed by atoms with van der Waals surface area (Å²) in [5.74, 6) is 1.12. The number of amidine groups is 1. The average molecular weight is 258 g/mol. The van der Waals surface area contributed by atoms with E-state index in [-0.39, 0.29) is 0 Å². The second-order valence-corrected chi connectivity index (χ2v) is 5.71. The molecule has 0 aliphatic carbocycles. The van der Waals surface area contributed by atoms with Gasteiger partial charge >= 0.3 is 0 Å². The number of rotatable bonds is 11. The van der Waals surface area contributed by atoms with Crippen LogP contribution >= 0.6 is 11.8 Å². The first-order valence-electron chi connectivity index (χ1n) is 7.16. The molecule has 0 amide bonds. The van der Waals surface area contributed by atoms with Crippen molar-refractivity contribution in [1.82, 2.24) is 0 Å². The maximum Gasteiger partial charge on any atom is 0.153 e. The van der Waals surface area contributed by atoms with E-state index in [0.717, 1.165) is 10.9 Å². The predicted octanol–water partition coefficient (Wildman–Crippen LogP) is 4.59. The van der Waals surface area contributed by atoms with Crippen molar-refractivity contribution in [3.8, 4) is 0 Å². The van der Waals surface area contributed by atoms with Crippen molar-refractivity contribution in [2.45, 2.75) is 71.1 Å². The Morgan fingerprint density at radius 2 is 1.35 bits per heavy atom. The second kappa shape index (κ2) is 13.9. The third-order valence-corrected chi connectivity index (χ3v) is 3.94. The number of hydrogen-bond donors (Lipinski definition) is 1. The van der Waals surface area contributed by atoms with Crippen LogP contribution in [-0.2, 0) is 0 Å². The molecule has 102 valence electrons. The Kier molecular flexibility index (Phi) is 13.7. The third-order valence-electron chi connectivity index (χ3n) is 2.97. The number of thioether (sulfide) groups is 1. The molecule has 0 saturated heterocycles. The highest BCUT2D eigenvalue weighted by Crippen LogP contribution is 2.12. The Labute approximate surface area is 112 Å². The van der Waals surface area contributed by atoms with Crippen LogP contribution in [0.1, 0.15) is 71.1 Å². The fourth-order valence-electron chi connectivity index (χ4n) is 1.83. The molecule has 2 N–H and O–H groups in total. The van der Waals surface area contributed by atoms with E-state index in [9.17, 15) is 0 Å². The van der Waals surface area contributed by atoms with Crippen LogP contribution in [0.2, 0.25) is 0 Å². The zero-order valence-corrected chi connectivity index (χ0v) is 12.5. The summed E-state index contributed by atoms with van der Waals surface area (Å²) in [5.41, 5.74) is 5.61. The smallest absolute Gasteiger partial charge is 0.153 e. The van der Waals surface area contributed by atoms with Gasteiger partial charge < -0.3 is 5.73 Å². The van der Waals surface area contributed by atoms with Crippen LogP contribution in [0.4, 0.5) is 0 Å². The van der Waals surface area contributed by atoms with Crippen molar-refractivity contribution in [2.75, 3.05) is 12.8 Å². The van der Waals surface area contributed by atoms with E-state index in [2.05, 4.69) is 11.9 Å². The van der Waals surface area contributed by atoms with Gasteiger partial charge in [-0.25, -0.2) is 0 Å². The van der Waals surface area contributed by atoms with Crippen molar-refractivity contribution >= 4 is 16.9 Å². The lowest BCUT2D eigenvalue weighted by atomic mass is 10.1. The molecule has 0 fully saturated rings. The van der Waals surface area contributed by atoms with E-state index in [0.29, 0.717) is 0 Å². The van der Waals surface area contributed by atoms with Gasteiger partial charge in [0.15, 0.2) is 5.17 Å². The predicted molar refractivity (Wildman–Crippen MR) is 81.8 cm³/mol. The van der Waals surface area contributed by atoms with Gasteiger partial charge in [0.1, 0.15) is 0 Å². The van der Waals surface area contributed by atoms with Crippen LogP contribution in [0.3, 0.4) is 0 Å². The van der Waals surface area contributed by atoms with Crippen LogP contribution in [0.5, 0.6) is 0 Å². The number of unbranched alkanes of at least 4 members (excludes halogenated alkanes) is 9. The van der Waals surface area contributed by atoms with E-state index < -0.39 is 0 Å². The van der Waals surface area contributed by atoms with Gasteiger partial charge in [0.05, 0.1) is 0 Å². The maximum atomic E-state index is 5.61. The highest BCUT2D eigenvalue weighted by atomic mass is 32.2. The highest BCUT2D eigenvalue weighted by molar-refractivity contribution is 8.13. The molecule has 0 aromatic heterocycles. The first kappa shape index (κ1) is 16.8. The minimum atomic E-state index is 0.723. The summed E-state index contributed by atoms with van der Waals surface area (Å²) in [6, 6.07) is 0. The van der Waals surface area contributed by atoms with Gasteiger partial charge in [-0.15, -0.1) is 0 Å². The van der Waals surface area contributed by atoms with Crippen molar-refractivity contribution < 1.29 is 0 Å². The summed E-state index contributed by atoms with van der Waals surface area (Å²) < 4.78 is 0. The topological polar surface area (TPSA) is 38.4 Å². The molecule has 17 heavy (non-hydrogen) atoms. The van der Waals surface area contributed by atoms with Crippen molar-refractivity contribution in [3.63, 3.8) is 0 Å². The Balaban J connectivity index is 2.99. The van der Waals surface area contributed by atoms with E-state index in [1.54, 1.807) is 18.8 Å². The van der Waals surface area contributed by atoms with Gasteiger partial charge in [0.25, 0.3) is 0 Å². The molecule has 0 bridgehead atoms. The number of hydrogen-bond acceptors (Lipinski definition) is 2. The molecule has 0 aliphatic rings. The molecule has 0 saturated carbocycles. The number of nitrogens with two attached hydrogens (primary N) is 1. The third kappa shape index (κ3) is 13.8. The standard InChI is InChI=1S/C14H30N2S/c1-3-4-5-6-7-8-9-10-11-12-13-17-14(15)16-2/h3-13H2,1-2H3,(H2,15,16). The first-order valence-corrected chi connectivity index (χ1v) is 8.15. The van der Waals surface area contributed by atoms with Gasteiger partial charge in [-0.2, -0.15) is 0 Å². The normalized spacial score (nSPS) is 12.0. The van der Waals surface area contributed by atoms with E-state index in [1.807, 2.05) is 0 Å². The molecule has 2 nitrogen and oxygen atoms in total. The van der Waals surface area contributed by atoms with Gasteiger partial charge in [-0.05, 0) is 6.42 Å². The maximum absolute atomic E-state index is 5.61. The molecular weight excluding hydrogens is 228 g/mol. The molecular formula is C14H30N2S. The van der Waals surface area contributed by atoms with Gasteiger partial charge in [0.2, 0.25) is 0 Å². The van der Waals surface area contributed by atoms with Crippen LogP contribution < -0.4 is 5.73 Å². The molecule has 0 spiro atoms. The molecule has 0 atom stereocenters.